The second-order valence-electron chi connectivity index (χ2n) is 26.4. The van der Waals surface area contributed by atoms with Crippen molar-refractivity contribution in [3.05, 3.63) is 0 Å². The van der Waals surface area contributed by atoms with Crippen LogP contribution in [0.3, 0.4) is 0 Å². The van der Waals surface area contributed by atoms with Crippen LogP contribution in [0.1, 0.15) is 338 Å². The van der Waals surface area contributed by atoms with Gasteiger partial charge in [0.1, 0.15) is 19.3 Å². The Morgan fingerprint density at radius 1 is 0.318 bits per heavy atom. The number of carbonyl (C=O) groups excluding carboxylic acids is 4. The van der Waals surface area contributed by atoms with Crippen molar-refractivity contribution < 1.29 is 80.2 Å². The van der Waals surface area contributed by atoms with E-state index in [4.69, 9.17) is 37.0 Å². The molecule has 0 fully saturated rings. The summed E-state index contributed by atoms with van der Waals surface area (Å²) in [6.07, 6.45) is 40.5. The molecule has 0 aliphatic heterocycles. The molecular weight excluding hydrogens is 1160 g/mol. The fourth-order valence-electron chi connectivity index (χ4n) is 10.2. The number of hydrogen-bond acceptors (Lipinski definition) is 15. The van der Waals surface area contributed by atoms with Crippen molar-refractivity contribution in [2.75, 3.05) is 39.6 Å². The molecule has 0 amide bonds. The number of carbonyl (C=O) groups is 4. The van der Waals surface area contributed by atoms with Crippen molar-refractivity contribution >= 4 is 39.5 Å². The van der Waals surface area contributed by atoms with Crippen molar-refractivity contribution in [2.45, 2.75) is 356 Å². The van der Waals surface area contributed by atoms with Crippen LogP contribution in [0.4, 0.5) is 0 Å². The maximum atomic E-state index is 13.0. The fraction of sp³-hybridized carbons (Fsp3) is 0.942. The van der Waals surface area contributed by atoms with Gasteiger partial charge in [0.2, 0.25) is 0 Å². The number of ether oxygens (including phenoxy) is 4. The largest absolute Gasteiger partial charge is 0.472 e. The van der Waals surface area contributed by atoms with E-state index in [9.17, 15) is 43.2 Å². The van der Waals surface area contributed by atoms with E-state index in [1.54, 1.807) is 0 Å². The van der Waals surface area contributed by atoms with Crippen LogP contribution < -0.4 is 0 Å². The number of esters is 4. The van der Waals surface area contributed by atoms with Crippen LogP contribution in [0.25, 0.3) is 0 Å². The molecule has 17 nitrogen and oxygen atoms in total. The zero-order chi connectivity index (χ0) is 65.4. The summed E-state index contributed by atoms with van der Waals surface area (Å²) >= 11 is 0. The summed E-state index contributed by atoms with van der Waals surface area (Å²) < 4.78 is 68.2. The molecule has 0 spiro atoms. The normalized spacial score (nSPS) is 14.9. The van der Waals surface area contributed by atoms with Gasteiger partial charge in [-0.25, -0.2) is 9.13 Å². The second-order valence-corrected chi connectivity index (χ2v) is 29.3. The SMILES string of the molecule is CCC(C)CCCCCCCCCCCCCCCCC(=O)O[C@H](COC(=O)CCCCCCCCC(C)CC)COP(=O)(O)OC[C@H](O)COP(=O)(O)OC[C@@H](COC(=O)CCCCCCCCCC(C)C)OC(=O)CCCCCCCCCC(C)C. The molecule has 7 atom stereocenters. The van der Waals surface area contributed by atoms with Crippen molar-refractivity contribution in [1.82, 2.24) is 0 Å². The first-order valence-electron chi connectivity index (χ1n) is 35.8. The van der Waals surface area contributed by atoms with Crippen LogP contribution in [0, 0.1) is 23.7 Å². The summed E-state index contributed by atoms with van der Waals surface area (Å²) in [6.45, 7) is 14.0. The Labute approximate surface area is 537 Å². The molecule has 0 aliphatic carbocycles. The van der Waals surface area contributed by atoms with Gasteiger partial charge in [0.25, 0.3) is 0 Å². The number of aliphatic hydroxyl groups excluding tert-OH is 1. The number of rotatable bonds is 66. The first-order chi connectivity index (χ1) is 42.2. The summed E-state index contributed by atoms with van der Waals surface area (Å²) in [5.74, 6) is 0.842. The average molecular weight is 1300 g/mol. The molecule has 4 unspecified atom stereocenters. The Morgan fingerprint density at radius 3 is 0.807 bits per heavy atom. The van der Waals surface area contributed by atoms with Crippen LogP contribution in [-0.4, -0.2) is 96.7 Å². The van der Waals surface area contributed by atoms with Crippen LogP contribution in [0.15, 0.2) is 0 Å². The Kier molecular flexibility index (Phi) is 57.6. The lowest BCUT2D eigenvalue weighted by atomic mass is 9.99. The van der Waals surface area contributed by atoms with Gasteiger partial charge in [-0.2, -0.15) is 0 Å². The summed E-state index contributed by atoms with van der Waals surface area (Å²) in [4.78, 5) is 72.4. The third kappa shape index (κ3) is 60.3. The molecular formula is C69H134O17P2. The van der Waals surface area contributed by atoms with Crippen LogP contribution in [-0.2, 0) is 65.4 Å². The molecule has 0 heterocycles. The second kappa shape index (κ2) is 58.8. The molecule has 0 aliphatic rings. The highest BCUT2D eigenvalue weighted by Gasteiger charge is 2.30. The lowest BCUT2D eigenvalue weighted by molar-refractivity contribution is -0.161. The number of unbranched alkanes of at least 4 members (excludes halogenated alkanes) is 30. The minimum absolute atomic E-state index is 0.102. The van der Waals surface area contributed by atoms with Crippen molar-refractivity contribution in [3.8, 4) is 0 Å². The molecule has 0 saturated carbocycles. The van der Waals surface area contributed by atoms with Gasteiger partial charge in [-0.1, -0.05) is 287 Å². The molecule has 0 aromatic carbocycles. The van der Waals surface area contributed by atoms with Gasteiger partial charge >= 0.3 is 39.5 Å². The number of phosphoric ester groups is 2. The maximum Gasteiger partial charge on any atom is 0.472 e. The third-order valence-corrected chi connectivity index (χ3v) is 18.4. The van der Waals surface area contributed by atoms with Crippen molar-refractivity contribution in [2.24, 2.45) is 23.7 Å². The smallest absolute Gasteiger partial charge is 0.462 e. The summed E-state index contributed by atoms with van der Waals surface area (Å²) in [5.41, 5.74) is 0. The van der Waals surface area contributed by atoms with Crippen molar-refractivity contribution in [3.63, 3.8) is 0 Å². The first-order valence-corrected chi connectivity index (χ1v) is 38.8. The quantitative estimate of drug-likeness (QED) is 0.0222. The van der Waals surface area contributed by atoms with E-state index in [1.165, 1.54) is 128 Å². The van der Waals surface area contributed by atoms with E-state index in [0.717, 1.165) is 115 Å². The minimum Gasteiger partial charge on any atom is -0.462 e. The number of phosphoric acid groups is 2. The monoisotopic (exact) mass is 1300 g/mol. The molecule has 0 saturated heterocycles. The van der Waals surface area contributed by atoms with E-state index in [2.05, 4.69) is 55.4 Å². The average Bonchev–Trinajstić information content (AvgIpc) is 3.60. The van der Waals surface area contributed by atoms with Gasteiger partial charge in [-0.3, -0.25) is 37.3 Å². The highest BCUT2D eigenvalue weighted by Crippen LogP contribution is 2.45. The van der Waals surface area contributed by atoms with Crippen molar-refractivity contribution in [1.29, 1.82) is 0 Å². The molecule has 3 N–H and O–H groups in total. The van der Waals surface area contributed by atoms with E-state index >= 15 is 0 Å². The predicted molar refractivity (Wildman–Crippen MR) is 354 cm³/mol. The van der Waals surface area contributed by atoms with E-state index < -0.39 is 97.5 Å². The van der Waals surface area contributed by atoms with Gasteiger partial charge in [0.05, 0.1) is 26.4 Å². The molecule has 19 heteroatoms. The predicted octanol–water partition coefficient (Wildman–Crippen LogP) is 19.3. The third-order valence-electron chi connectivity index (χ3n) is 16.5. The molecule has 0 radical (unpaired) electrons. The minimum atomic E-state index is -4.95. The molecule has 0 rings (SSSR count). The van der Waals surface area contributed by atoms with Gasteiger partial charge in [0.15, 0.2) is 12.2 Å². The summed E-state index contributed by atoms with van der Waals surface area (Å²) in [6, 6.07) is 0. The van der Waals surface area contributed by atoms with E-state index in [1.807, 2.05) is 0 Å². The molecule has 0 aromatic rings. The molecule has 88 heavy (non-hydrogen) atoms. The Balaban J connectivity index is 5.21. The maximum absolute atomic E-state index is 13.0. The standard InChI is InChI=1S/C69H134O17P2/c1-9-61(7)47-39-31-23-17-15-13-11-12-14-16-18-24-35-43-51-68(73)85-65(56-80-67(72)50-42-34-28-27-32-40-48-62(8)10-2)58-84-88(77,78)82-54-63(70)53-81-87(75,76)83-57-64(86-69(74)52-44-36-26-20-22-30-38-46-60(5)6)55-79-66(71)49-41-33-25-19-21-29-37-45-59(3)4/h59-65,70H,9-58H2,1-8H3,(H,75,76)(H,77,78)/t61?,62?,63-,64-,65-/m1/s1. The number of aliphatic hydroxyl groups is 1. The molecule has 522 valence electrons. The van der Waals surface area contributed by atoms with E-state index in [0.29, 0.717) is 37.5 Å². The summed E-state index contributed by atoms with van der Waals surface area (Å²) in [5, 5.41) is 10.6. The molecule has 0 aromatic heterocycles. The highest BCUT2D eigenvalue weighted by atomic mass is 31.2. The zero-order valence-electron chi connectivity index (χ0n) is 57.3. The first kappa shape index (κ1) is 86.1. The van der Waals surface area contributed by atoms with Gasteiger partial charge in [0, 0.05) is 25.7 Å². The zero-order valence-corrected chi connectivity index (χ0v) is 59.1. The molecule has 0 bridgehead atoms. The van der Waals surface area contributed by atoms with Gasteiger partial charge < -0.3 is 33.8 Å². The van der Waals surface area contributed by atoms with Crippen LogP contribution in [0.2, 0.25) is 0 Å². The van der Waals surface area contributed by atoms with Crippen LogP contribution >= 0.6 is 15.6 Å². The van der Waals surface area contributed by atoms with Gasteiger partial charge in [-0.15, -0.1) is 0 Å². The summed E-state index contributed by atoms with van der Waals surface area (Å²) in [7, 11) is -9.90. The topological polar surface area (TPSA) is 237 Å². The Morgan fingerprint density at radius 2 is 0.545 bits per heavy atom. The number of hydrogen-bond donors (Lipinski definition) is 3. The Bertz CT molecular complexity index is 1750. The highest BCUT2D eigenvalue weighted by molar-refractivity contribution is 7.47. The van der Waals surface area contributed by atoms with Gasteiger partial charge in [-0.05, 0) is 49.4 Å². The fourth-order valence-corrected chi connectivity index (χ4v) is 11.8. The lowest BCUT2D eigenvalue weighted by Gasteiger charge is -2.21. The Hall–Kier alpha value is -1.94. The lowest BCUT2D eigenvalue weighted by Crippen LogP contribution is -2.30. The van der Waals surface area contributed by atoms with E-state index in [-0.39, 0.29) is 25.7 Å². The van der Waals surface area contributed by atoms with Crippen LogP contribution in [0.5, 0.6) is 0 Å².